The minimum atomic E-state index is -0.520. The standard InChI is InChI=1S/C15H9N2O3.Au/c1-2-11-3-7-13(8-4-11)16-15(18)12-5-9-14(10-6-12)17(19)20;/h3-10H,(H,16,18);/q-1;+1. The van der Waals surface area contributed by atoms with E-state index >= 15 is 0 Å². The molecule has 6 heteroatoms. The van der Waals surface area contributed by atoms with Crippen molar-refractivity contribution in [3.05, 3.63) is 76.2 Å². The van der Waals surface area contributed by atoms with E-state index in [-0.39, 0.29) is 34.0 Å². The molecule has 2 aromatic rings. The SMILES string of the molecule is [Au+].[C-]#Cc1ccc(NC(=O)c2ccc([N+](=O)[O-])cc2)cc1. The van der Waals surface area contributed by atoms with Crippen LogP contribution in [0.5, 0.6) is 0 Å². The Morgan fingerprint density at radius 3 is 2.14 bits per heavy atom. The molecule has 0 fully saturated rings. The molecule has 0 saturated heterocycles. The van der Waals surface area contributed by atoms with Gasteiger partial charge in [-0.3, -0.25) is 20.8 Å². The van der Waals surface area contributed by atoms with Crippen LogP contribution in [0.4, 0.5) is 11.4 Å². The van der Waals surface area contributed by atoms with E-state index in [9.17, 15) is 14.9 Å². The van der Waals surface area contributed by atoms with Gasteiger partial charge in [0.25, 0.3) is 11.6 Å². The summed E-state index contributed by atoms with van der Waals surface area (Å²) < 4.78 is 0. The predicted octanol–water partition coefficient (Wildman–Crippen LogP) is 2.78. The molecule has 0 atom stereocenters. The van der Waals surface area contributed by atoms with Crippen molar-refractivity contribution in [2.24, 2.45) is 0 Å². The van der Waals surface area contributed by atoms with Gasteiger partial charge in [0, 0.05) is 23.4 Å². The fourth-order valence-electron chi connectivity index (χ4n) is 1.57. The molecule has 0 aromatic heterocycles. The summed E-state index contributed by atoms with van der Waals surface area (Å²) in [6.07, 6.45) is 6.95. The molecule has 1 N–H and O–H groups in total. The van der Waals surface area contributed by atoms with Gasteiger partial charge in [0.1, 0.15) is 0 Å². The Kier molecular flexibility index (Phi) is 5.88. The quantitative estimate of drug-likeness (QED) is 0.251. The van der Waals surface area contributed by atoms with Crippen LogP contribution in [-0.2, 0) is 22.4 Å². The molecule has 1 amide bonds. The van der Waals surface area contributed by atoms with Crippen molar-refractivity contribution >= 4 is 17.3 Å². The normalized spacial score (nSPS) is 9.10. The summed E-state index contributed by atoms with van der Waals surface area (Å²) >= 11 is 0. The summed E-state index contributed by atoms with van der Waals surface area (Å²) in [4.78, 5) is 21.9. The molecule has 0 aliphatic rings. The molecule has 21 heavy (non-hydrogen) atoms. The number of carbonyl (C=O) groups excluding carboxylic acids is 1. The number of carbonyl (C=O) groups is 1. The van der Waals surface area contributed by atoms with Crippen LogP contribution in [-0.4, -0.2) is 10.8 Å². The van der Waals surface area contributed by atoms with Crippen LogP contribution in [0.2, 0.25) is 0 Å². The Morgan fingerprint density at radius 2 is 1.67 bits per heavy atom. The third-order valence-electron chi connectivity index (χ3n) is 2.63. The van der Waals surface area contributed by atoms with E-state index in [0.29, 0.717) is 16.8 Å². The van der Waals surface area contributed by atoms with E-state index < -0.39 is 4.92 Å². The molecule has 0 bridgehead atoms. The third-order valence-corrected chi connectivity index (χ3v) is 2.63. The number of nitrogens with zero attached hydrogens (tertiary/aromatic N) is 1. The number of hydrogen-bond donors (Lipinski definition) is 1. The summed E-state index contributed by atoms with van der Waals surface area (Å²) in [7, 11) is 0. The van der Waals surface area contributed by atoms with Crippen molar-refractivity contribution in [1.29, 1.82) is 0 Å². The van der Waals surface area contributed by atoms with Gasteiger partial charge in [-0.05, 0) is 12.1 Å². The Morgan fingerprint density at radius 1 is 1.10 bits per heavy atom. The number of rotatable bonds is 3. The Bertz CT molecular complexity index is 688. The van der Waals surface area contributed by atoms with Crippen LogP contribution in [0.25, 0.3) is 0 Å². The molecule has 0 spiro atoms. The van der Waals surface area contributed by atoms with Gasteiger partial charge in [-0.1, -0.05) is 12.1 Å². The minimum absolute atomic E-state index is 0. The van der Waals surface area contributed by atoms with E-state index in [1.807, 2.05) is 0 Å². The second kappa shape index (κ2) is 7.41. The van der Waals surface area contributed by atoms with Gasteiger partial charge in [-0.2, -0.15) is 0 Å². The van der Waals surface area contributed by atoms with Crippen LogP contribution >= 0.6 is 0 Å². The molecule has 0 saturated carbocycles. The van der Waals surface area contributed by atoms with Crippen LogP contribution < -0.4 is 5.32 Å². The number of non-ortho nitro benzene ring substituents is 1. The molecule has 2 rings (SSSR count). The third kappa shape index (κ3) is 4.29. The van der Waals surface area contributed by atoms with E-state index in [1.165, 1.54) is 24.3 Å². The number of anilines is 1. The molecule has 0 unspecified atom stereocenters. The summed E-state index contributed by atoms with van der Waals surface area (Å²) in [6.45, 7) is 0. The van der Waals surface area contributed by atoms with Gasteiger partial charge in [0.05, 0.1) is 4.92 Å². The Balaban J connectivity index is 0.00000220. The Hall–Kier alpha value is -2.39. The summed E-state index contributed by atoms with van der Waals surface area (Å²) in [5.74, 6) is 1.87. The van der Waals surface area contributed by atoms with Crippen LogP contribution in [0, 0.1) is 22.5 Å². The molecule has 2 aromatic carbocycles. The predicted molar refractivity (Wildman–Crippen MR) is 73.7 cm³/mol. The van der Waals surface area contributed by atoms with E-state index in [0.717, 1.165) is 0 Å². The Labute approximate surface area is 137 Å². The first-order valence-corrected chi connectivity index (χ1v) is 5.69. The maximum atomic E-state index is 11.9. The average Bonchev–Trinajstić information content (AvgIpc) is 2.48. The van der Waals surface area contributed by atoms with Crippen molar-refractivity contribution < 1.29 is 32.1 Å². The maximum absolute atomic E-state index is 11.9. The number of benzene rings is 2. The molecule has 5 nitrogen and oxygen atoms in total. The first-order chi connectivity index (χ1) is 9.60. The molecular weight excluding hydrogens is 453 g/mol. The summed E-state index contributed by atoms with van der Waals surface area (Å²) in [5, 5.41) is 13.2. The second-order valence-corrected chi connectivity index (χ2v) is 3.96. The number of hydrogen-bond acceptors (Lipinski definition) is 3. The van der Waals surface area contributed by atoms with E-state index in [2.05, 4.69) is 11.2 Å². The van der Waals surface area contributed by atoms with E-state index in [1.54, 1.807) is 24.3 Å². The second-order valence-electron chi connectivity index (χ2n) is 3.96. The minimum Gasteiger partial charge on any atom is -0.366 e. The largest absolute Gasteiger partial charge is 1.00 e. The number of nitro benzene ring substituents is 1. The number of nitrogens with one attached hydrogen (secondary N) is 1. The summed E-state index contributed by atoms with van der Waals surface area (Å²) in [6, 6.07) is 12.0. The monoisotopic (exact) mass is 462 g/mol. The van der Waals surface area contributed by atoms with Gasteiger partial charge in [-0.25, -0.2) is 0 Å². The van der Waals surface area contributed by atoms with E-state index in [4.69, 9.17) is 6.42 Å². The molecule has 108 valence electrons. The van der Waals surface area contributed by atoms with Crippen LogP contribution in [0.3, 0.4) is 0 Å². The van der Waals surface area contributed by atoms with Crippen molar-refractivity contribution in [3.63, 3.8) is 0 Å². The fourth-order valence-corrected chi connectivity index (χ4v) is 1.57. The molecule has 0 heterocycles. The number of nitro groups is 1. The zero-order chi connectivity index (χ0) is 14.5. The zero-order valence-corrected chi connectivity index (χ0v) is 12.8. The van der Waals surface area contributed by atoms with Gasteiger partial charge >= 0.3 is 22.4 Å². The van der Waals surface area contributed by atoms with Crippen molar-refractivity contribution in [2.45, 2.75) is 0 Å². The van der Waals surface area contributed by atoms with Crippen molar-refractivity contribution in [1.82, 2.24) is 0 Å². The molecule has 0 aliphatic heterocycles. The van der Waals surface area contributed by atoms with Crippen LogP contribution in [0.15, 0.2) is 48.5 Å². The molecule has 0 radical (unpaired) electrons. The molecular formula is C15H9AuN2O3. The first kappa shape index (κ1) is 16.7. The first-order valence-electron chi connectivity index (χ1n) is 5.69. The van der Waals surface area contributed by atoms with Crippen molar-refractivity contribution in [3.8, 4) is 5.92 Å². The van der Waals surface area contributed by atoms with Gasteiger partial charge in [0.15, 0.2) is 0 Å². The molecule has 0 aliphatic carbocycles. The van der Waals surface area contributed by atoms with Crippen LogP contribution in [0.1, 0.15) is 15.9 Å². The zero-order valence-electron chi connectivity index (χ0n) is 10.6. The topological polar surface area (TPSA) is 72.2 Å². The fraction of sp³-hybridized carbons (Fsp3) is 0. The average molecular weight is 462 g/mol. The van der Waals surface area contributed by atoms with Gasteiger partial charge in [0.2, 0.25) is 0 Å². The summed E-state index contributed by atoms with van der Waals surface area (Å²) in [5.41, 5.74) is 1.46. The number of amides is 1. The van der Waals surface area contributed by atoms with Gasteiger partial charge in [-0.15, -0.1) is 17.7 Å². The maximum Gasteiger partial charge on any atom is 1.00 e. The smallest absolute Gasteiger partial charge is 0.366 e. The van der Waals surface area contributed by atoms with Crippen molar-refractivity contribution in [2.75, 3.05) is 5.32 Å². The van der Waals surface area contributed by atoms with Gasteiger partial charge < -0.3 is 11.7 Å².